The average molecular weight is 275 g/mol. The van der Waals surface area contributed by atoms with Gasteiger partial charge in [0.25, 0.3) is 0 Å². The number of carbonyl (C=O) groups excluding carboxylic acids is 1. The van der Waals surface area contributed by atoms with E-state index in [-0.39, 0.29) is 24.5 Å². The average Bonchev–Trinajstić information content (AvgIpc) is 2.45. The molecule has 0 aliphatic rings. The van der Waals surface area contributed by atoms with Gasteiger partial charge in [0.15, 0.2) is 0 Å². The Morgan fingerprint density at radius 3 is 2.55 bits per heavy atom. The van der Waals surface area contributed by atoms with Crippen LogP contribution in [0.3, 0.4) is 0 Å². The first-order chi connectivity index (χ1) is 9.52. The van der Waals surface area contributed by atoms with Crippen molar-refractivity contribution in [2.45, 2.75) is 39.7 Å². The summed E-state index contributed by atoms with van der Waals surface area (Å²) in [6, 6.07) is 10.2. The van der Waals surface area contributed by atoms with Gasteiger partial charge in [-0.2, -0.15) is 0 Å². The van der Waals surface area contributed by atoms with E-state index in [2.05, 4.69) is 17.4 Å². The topological polar surface area (TPSA) is 49.3 Å². The Labute approximate surface area is 121 Å². The molecule has 3 heteroatoms. The molecule has 1 amide bonds. The number of carbonyl (C=O) groups is 1. The highest BCUT2D eigenvalue weighted by atomic mass is 16.3. The third-order valence-corrected chi connectivity index (χ3v) is 3.54. The normalized spacial score (nSPS) is 14.7. The number of benzene rings is 1. The Bertz CT molecular complexity index is 440. The number of aliphatic hydroxyl groups excluding tert-OH is 1. The lowest BCUT2D eigenvalue weighted by Crippen LogP contribution is -2.37. The Morgan fingerprint density at radius 1 is 1.30 bits per heavy atom. The van der Waals surface area contributed by atoms with Gasteiger partial charge >= 0.3 is 0 Å². The lowest BCUT2D eigenvalue weighted by atomic mass is 10.0. The number of allylic oxidation sites excluding steroid dienone is 1. The van der Waals surface area contributed by atoms with Crippen LogP contribution in [0.25, 0.3) is 0 Å². The van der Waals surface area contributed by atoms with Crippen molar-refractivity contribution in [2.75, 3.05) is 6.61 Å². The van der Waals surface area contributed by atoms with Crippen molar-refractivity contribution in [2.24, 2.45) is 5.92 Å². The SMILES string of the molecule is C/C(=C/C(=O)NC(C)C(C)CO)CCc1ccccc1. The van der Waals surface area contributed by atoms with Crippen LogP contribution < -0.4 is 5.32 Å². The molecule has 20 heavy (non-hydrogen) atoms. The predicted molar refractivity (Wildman–Crippen MR) is 82.4 cm³/mol. The molecule has 2 atom stereocenters. The van der Waals surface area contributed by atoms with E-state index < -0.39 is 0 Å². The Hall–Kier alpha value is -1.61. The van der Waals surface area contributed by atoms with E-state index >= 15 is 0 Å². The number of nitrogens with one attached hydrogen (secondary N) is 1. The lowest BCUT2D eigenvalue weighted by Gasteiger charge is -2.18. The summed E-state index contributed by atoms with van der Waals surface area (Å²) in [4.78, 5) is 11.8. The summed E-state index contributed by atoms with van der Waals surface area (Å²) in [6.07, 6.45) is 3.48. The molecule has 0 aromatic heterocycles. The van der Waals surface area contributed by atoms with Crippen molar-refractivity contribution in [3.63, 3.8) is 0 Å². The molecule has 3 nitrogen and oxygen atoms in total. The van der Waals surface area contributed by atoms with Gasteiger partial charge in [-0.1, -0.05) is 42.8 Å². The molecular formula is C17H25NO2. The fraction of sp³-hybridized carbons (Fsp3) is 0.471. The Balaban J connectivity index is 2.42. The van der Waals surface area contributed by atoms with Gasteiger partial charge in [-0.25, -0.2) is 0 Å². The molecule has 1 rings (SSSR count). The second-order valence-corrected chi connectivity index (χ2v) is 5.43. The molecule has 0 bridgehead atoms. The van der Waals surface area contributed by atoms with E-state index in [1.807, 2.05) is 39.0 Å². The molecule has 0 saturated carbocycles. The highest BCUT2D eigenvalue weighted by Gasteiger charge is 2.12. The number of aryl methyl sites for hydroxylation is 1. The lowest BCUT2D eigenvalue weighted by molar-refractivity contribution is -0.117. The standard InChI is InChI=1S/C17H25NO2/c1-13(9-10-16-7-5-4-6-8-16)11-17(20)18-15(3)14(2)12-19/h4-8,11,14-15,19H,9-10,12H2,1-3H3,(H,18,20)/b13-11-. The summed E-state index contributed by atoms with van der Waals surface area (Å²) in [6.45, 7) is 5.88. The van der Waals surface area contributed by atoms with Crippen molar-refractivity contribution in [3.05, 3.63) is 47.5 Å². The van der Waals surface area contributed by atoms with Crippen LogP contribution in [0.2, 0.25) is 0 Å². The molecule has 1 aromatic carbocycles. The molecular weight excluding hydrogens is 250 g/mol. The minimum atomic E-state index is -0.0802. The van der Waals surface area contributed by atoms with E-state index in [1.54, 1.807) is 6.08 Å². The third-order valence-electron chi connectivity index (χ3n) is 3.54. The van der Waals surface area contributed by atoms with Gasteiger partial charge in [0.05, 0.1) is 0 Å². The molecule has 110 valence electrons. The van der Waals surface area contributed by atoms with Crippen molar-refractivity contribution in [1.82, 2.24) is 5.32 Å². The third kappa shape index (κ3) is 6.02. The first-order valence-corrected chi connectivity index (χ1v) is 7.15. The minimum absolute atomic E-state index is 0.0225. The second kappa shape index (κ2) is 8.54. The maximum atomic E-state index is 11.8. The molecule has 2 unspecified atom stereocenters. The van der Waals surface area contributed by atoms with E-state index in [1.165, 1.54) is 5.56 Å². The van der Waals surface area contributed by atoms with Gasteiger partial charge in [0.2, 0.25) is 5.91 Å². The van der Waals surface area contributed by atoms with Gasteiger partial charge in [0.1, 0.15) is 0 Å². The van der Waals surface area contributed by atoms with Crippen molar-refractivity contribution < 1.29 is 9.90 Å². The molecule has 0 aliphatic carbocycles. The van der Waals surface area contributed by atoms with Crippen molar-refractivity contribution in [1.29, 1.82) is 0 Å². The number of hydrogen-bond acceptors (Lipinski definition) is 2. The maximum Gasteiger partial charge on any atom is 0.244 e. The zero-order valence-electron chi connectivity index (χ0n) is 12.6. The van der Waals surface area contributed by atoms with E-state index in [0.29, 0.717) is 0 Å². The summed E-state index contributed by atoms with van der Waals surface area (Å²) in [5.41, 5.74) is 2.35. The smallest absolute Gasteiger partial charge is 0.244 e. The van der Waals surface area contributed by atoms with E-state index in [9.17, 15) is 4.79 Å². The molecule has 0 fully saturated rings. The molecule has 0 spiro atoms. The molecule has 0 aliphatic heterocycles. The molecule has 0 radical (unpaired) electrons. The van der Waals surface area contributed by atoms with Crippen molar-refractivity contribution in [3.8, 4) is 0 Å². The maximum absolute atomic E-state index is 11.8. The second-order valence-electron chi connectivity index (χ2n) is 5.43. The quantitative estimate of drug-likeness (QED) is 0.752. The highest BCUT2D eigenvalue weighted by molar-refractivity contribution is 5.88. The first kappa shape index (κ1) is 16.4. The molecule has 2 N–H and O–H groups in total. The minimum Gasteiger partial charge on any atom is -0.396 e. The molecule has 0 heterocycles. The number of rotatable bonds is 7. The molecule has 1 aromatic rings. The summed E-state index contributed by atoms with van der Waals surface area (Å²) < 4.78 is 0. The zero-order valence-corrected chi connectivity index (χ0v) is 12.6. The van der Waals surface area contributed by atoms with Gasteiger partial charge in [-0.3, -0.25) is 4.79 Å². The zero-order chi connectivity index (χ0) is 15.0. The van der Waals surface area contributed by atoms with Crippen LogP contribution >= 0.6 is 0 Å². The Morgan fingerprint density at radius 2 is 1.95 bits per heavy atom. The van der Waals surface area contributed by atoms with Crippen LogP contribution in [0.1, 0.15) is 32.8 Å². The van der Waals surface area contributed by atoms with Gasteiger partial charge in [-0.15, -0.1) is 0 Å². The number of hydrogen-bond donors (Lipinski definition) is 2. The molecule has 0 saturated heterocycles. The van der Waals surface area contributed by atoms with Crippen LogP contribution in [-0.4, -0.2) is 23.7 Å². The Kier molecular flexibility index (Phi) is 7.02. The van der Waals surface area contributed by atoms with Crippen LogP contribution in [0, 0.1) is 5.92 Å². The van der Waals surface area contributed by atoms with Crippen LogP contribution in [0.15, 0.2) is 42.0 Å². The van der Waals surface area contributed by atoms with Crippen LogP contribution in [0.5, 0.6) is 0 Å². The predicted octanol–water partition coefficient (Wildman–Crippen LogP) is 2.70. The van der Waals surface area contributed by atoms with Gasteiger partial charge < -0.3 is 10.4 Å². The number of amides is 1. The monoisotopic (exact) mass is 275 g/mol. The largest absolute Gasteiger partial charge is 0.396 e. The van der Waals surface area contributed by atoms with Gasteiger partial charge in [-0.05, 0) is 38.2 Å². The van der Waals surface area contributed by atoms with Crippen LogP contribution in [-0.2, 0) is 11.2 Å². The summed E-state index contributed by atoms with van der Waals surface area (Å²) >= 11 is 0. The first-order valence-electron chi connectivity index (χ1n) is 7.15. The van der Waals surface area contributed by atoms with E-state index in [4.69, 9.17) is 5.11 Å². The number of aliphatic hydroxyl groups is 1. The highest BCUT2D eigenvalue weighted by Crippen LogP contribution is 2.08. The summed E-state index contributed by atoms with van der Waals surface area (Å²) in [5, 5.41) is 11.9. The van der Waals surface area contributed by atoms with E-state index in [0.717, 1.165) is 18.4 Å². The van der Waals surface area contributed by atoms with Gasteiger partial charge in [0, 0.05) is 18.7 Å². The summed E-state index contributed by atoms with van der Waals surface area (Å²) in [5.74, 6) is -0.0136. The van der Waals surface area contributed by atoms with Crippen LogP contribution in [0.4, 0.5) is 0 Å². The summed E-state index contributed by atoms with van der Waals surface area (Å²) in [7, 11) is 0. The fourth-order valence-corrected chi connectivity index (χ4v) is 1.85. The fourth-order valence-electron chi connectivity index (χ4n) is 1.85. The van der Waals surface area contributed by atoms with Crippen molar-refractivity contribution >= 4 is 5.91 Å².